The molecule has 21 heavy (non-hydrogen) atoms. The Morgan fingerprint density at radius 2 is 1.00 bits per heavy atom. The predicted molar refractivity (Wildman–Crippen MR) is 48.1 cm³/mol. The van der Waals surface area contributed by atoms with E-state index in [9.17, 15) is 23.2 Å². The van der Waals surface area contributed by atoms with Crippen molar-refractivity contribution in [2.24, 2.45) is 0 Å². The number of rotatable bonds is 6. The van der Waals surface area contributed by atoms with E-state index in [4.69, 9.17) is 24.5 Å². The van der Waals surface area contributed by atoms with E-state index in [1.165, 1.54) is 0 Å². The minimum Gasteiger partial charge on any atom is -1.00 e. The molecular formula is H8KLi3O13P4. The van der Waals surface area contributed by atoms with E-state index in [1.807, 2.05) is 0 Å². The zero-order chi connectivity index (χ0) is 14.1. The Bertz CT molecular complexity index is 433. The van der Waals surface area contributed by atoms with E-state index in [0.29, 0.717) is 0 Å². The minimum absolute atomic E-state index is 0. The number of phosphoric acid groups is 4. The Hall–Kier alpha value is 3.99. The molecule has 0 spiro atoms. The van der Waals surface area contributed by atoms with Gasteiger partial charge in [-0.25, -0.2) is 18.0 Å². The molecule has 0 aliphatic carbocycles. The Kier molecular flexibility index (Phi) is 22.6. The van der Waals surface area contributed by atoms with Gasteiger partial charge in [-0.3, -0.25) is 4.57 Å². The van der Waals surface area contributed by atoms with Gasteiger partial charge in [0.05, 0.1) is 0 Å². The van der Waals surface area contributed by atoms with Gasteiger partial charge in [-0.2, -0.15) is 8.62 Å². The van der Waals surface area contributed by atoms with E-state index in [1.54, 1.807) is 0 Å². The summed E-state index contributed by atoms with van der Waals surface area (Å²) in [6, 6.07) is 0. The molecule has 0 saturated heterocycles. The minimum atomic E-state index is -5.83. The van der Waals surface area contributed by atoms with Crippen LogP contribution in [0.15, 0.2) is 0 Å². The summed E-state index contributed by atoms with van der Waals surface area (Å²) in [4.78, 5) is 51.2. The van der Waals surface area contributed by atoms with Gasteiger partial charge in [0.2, 0.25) is 0 Å². The zero-order valence-corrected chi connectivity index (χ0v) is 18.0. The molecule has 3 atom stereocenters. The molecule has 0 fully saturated rings. The van der Waals surface area contributed by atoms with Crippen molar-refractivity contribution in [1.82, 2.24) is 0 Å². The van der Waals surface area contributed by atoms with Gasteiger partial charge in [-0.05, 0) is 0 Å². The molecule has 0 saturated carbocycles. The Labute approximate surface area is 201 Å². The van der Waals surface area contributed by atoms with Gasteiger partial charge in [0.1, 0.15) is 0 Å². The third-order valence-corrected chi connectivity index (χ3v) is 5.60. The Morgan fingerprint density at radius 1 is 0.714 bits per heavy atom. The standard InChI is InChI=1S/K.3Li.H6O13P4.3H/c;;;;1-14(2,3)11-16(7,8)13-17(9,10)12-15(4,5)6;;;/h;;;;(H,7,8)(H,9,10)(H2,1,2,3)(H2,4,5,6);;;/q4*+1;;3*-1/p-1. The second-order valence-corrected chi connectivity index (χ2v) is 7.89. The second kappa shape index (κ2) is 13.2. The maximum absolute atomic E-state index is 10.7. The van der Waals surface area contributed by atoms with Crippen LogP contribution in [0, 0.1) is 0 Å². The van der Waals surface area contributed by atoms with Gasteiger partial charge in [-0.15, -0.1) is 0 Å². The Morgan fingerprint density at radius 3 is 1.24 bits per heavy atom. The van der Waals surface area contributed by atoms with Gasteiger partial charge in [-0.1, -0.05) is 0 Å². The van der Waals surface area contributed by atoms with Gasteiger partial charge in [0.15, 0.2) is 0 Å². The van der Waals surface area contributed by atoms with Crippen molar-refractivity contribution in [2.75, 3.05) is 0 Å². The molecule has 5 N–H and O–H groups in total. The molecule has 0 amide bonds. The van der Waals surface area contributed by atoms with Gasteiger partial charge >= 0.3 is 131 Å². The maximum Gasteiger partial charge on any atom is 1.00 e. The molecule has 21 heteroatoms. The average Bonchev–Trinajstić information content (AvgIpc) is 1.65. The van der Waals surface area contributed by atoms with Crippen LogP contribution in [0.4, 0.5) is 0 Å². The first-order valence-corrected chi connectivity index (χ1v) is 9.02. The number of hydrogen-bond donors (Lipinski definition) is 5. The van der Waals surface area contributed by atoms with Gasteiger partial charge < -0.3 is 33.6 Å². The molecule has 0 rings (SSSR count). The van der Waals surface area contributed by atoms with Gasteiger partial charge in [0, 0.05) is 0 Å². The summed E-state index contributed by atoms with van der Waals surface area (Å²) in [5.74, 6) is 0. The SMILES string of the molecule is O=P([O-])(O)OP(=O)(O)OP(=O)(O)OP(=O)(O)O.[H-].[H-].[H-].[K+].[Li+].[Li+].[Li+]. The van der Waals surface area contributed by atoms with E-state index < -0.39 is 31.3 Å². The molecule has 3 unspecified atom stereocenters. The van der Waals surface area contributed by atoms with Crippen LogP contribution in [0.1, 0.15) is 4.28 Å². The van der Waals surface area contributed by atoms with Crippen molar-refractivity contribution in [1.29, 1.82) is 0 Å². The topological polar surface area (TPSA) is 220 Å². The first-order valence-electron chi connectivity index (χ1n) is 3.01. The third kappa shape index (κ3) is 24.0. The Balaban J connectivity index is -0.0000000610. The van der Waals surface area contributed by atoms with Gasteiger partial charge in [0.25, 0.3) is 7.82 Å². The van der Waals surface area contributed by atoms with Crippen molar-refractivity contribution in [2.45, 2.75) is 0 Å². The van der Waals surface area contributed by atoms with Crippen LogP contribution in [0.2, 0.25) is 0 Å². The van der Waals surface area contributed by atoms with Crippen LogP contribution in [0.5, 0.6) is 0 Å². The molecule has 0 aromatic heterocycles. The third-order valence-electron chi connectivity index (χ3n) is 0.622. The second-order valence-electron chi connectivity index (χ2n) is 2.14. The summed E-state index contributed by atoms with van der Waals surface area (Å²) in [5, 5.41) is 0. The summed E-state index contributed by atoms with van der Waals surface area (Å²) in [6.45, 7) is 0. The molecule has 0 heterocycles. The quantitative estimate of drug-likeness (QED) is 0.207. The molecule has 13 nitrogen and oxygen atoms in total. The summed E-state index contributed by atoms with van der Waals surface area (Å²) in [6.07, 6.45) is 0. The molecule has 0 aromatic carbocycles. The van der Waals surface area contributed by atoms with Crippen molar-refractivity contribution < 1.29 is 173 Å². The summed E-state index contributed by atoms with van der Waals surface area (Å²) in [7, 11) is -23.0. The van der Waals surface area contributed by atoms with E-state index in [0.717, 1.165) is 0 Å². The first-order chi connectivity index (χ1) is 7.12. The monoisotopic (exact) mass is 400 g/mol. The largest absolute Gasteiger partial charge is 1.00 e. The van der Waals surface area contributed by atoms with E-state index in [-0.39, 0.29) is 112 Å². The fourth-order valence-electron chi connectivity index (χ4n) is 0.425. The van der Waals surface area contributed by atoms with Crippen molar-refractivity contribution in [3.8, 4) is 0 Å². The van der Waals surface area contributed by atoms with Crippen LogP contribution >= 0.6 is 31.3 Å². The number of hydrogen-bond acceptors (Lipinski definition) is 8. The zero-order valence-electron chi connectivity index (χ0n) is 14.3. The molecule has 0 aliphatic rings. The van der Waals surface area contributed by atoms with Crippen LogP contribution in [0.3, 0.4) is 0 Å². The molecule has 0 radical (unpaired) electrons. The van der Waals surface area contributed by atoms with Crippen molar-refractivity contribution in [3.05, 3.63) is 0 Å². The smallest absolute Gasteiger partial charge is 1.00 e. The molecule has 110 valence electrons. The molecule has 0 aromatic rings. The van der Waals surface area contributed by atoms with Crippen molar-refractivity contribution in [3.63, 3.8) is 0 Å². The van der Waals surface area contributed by atoms with E-state index in [2.05, 4.69) is 12.9 Å². The van der Waals surface area contributed by atoms with Crippen LogP contribution in [-0.4, -0.2) is 24.5 Å². The first kappa shape index (κ1) is 36.0. The predicted octanol–water partition coefficient (Wildman–Crippen LogP) is -12.9. The molecule has 0 aliphatic heterocycles. The summed E-state index contributed by atoms with van der Waals surface area (Å²) in [5.41, 5.74) is 0. The fourth-order valence-corrected chi connectivity index (χ4v) is 4.36. The average molecular weight is 400 g/mol. The van der Waals surface area contributed by atoms with Crippen LogP contribution < -0.4 is 113 Å². The van der Waals surface area contributed by atoms with Crippen LogP contribution in [0.25, 0.3) is 0 Å². The fraction of sp³-hybridized carbons (Fsp3) is 0. The summed E-state index contributed by atoms with van der Waals surface area (Å²) < 4.78 is 50.5. The summed E-state index contributed by atoms with van der Waals surface area (Å²) >= 11 is 0. The van der Waals surface area contributed by atoms with E-state index >= 15 is 0 Å². The maximum atomic E-state index is 10.7. The normalized spacial score (nSPS) is 19.0. The van der Waals surface area contributed by atoms with Crippen molar-refractivity contribution >= 4 is 31.3 Å². The van der Waals surface area contributed by atoms with Crippen LogP contribution in [-0.2, 0) is 31.2 Å². The molecular weight excluding hydrogens is 392 g/mol. The molecule has 0 bridgehead atoms.